The van der Waals surface area contributed by atoms with Crippen LogP contribution < -0.4 is 5.43 Å². The number of carbonyl (C=O) groups excluding carboxylic acids is 1. The summed E-state index contributed by atoms with van der Waals surface area (Å²) in [4.78, 5) is 12.3. The predicted octanol–water partition coefficient (Wildman–Crippen LogP) is 5.17. The molecule has 0 radical (unpaired) electrons. The number of nitrogens with one attached hydrogen (secondary N) is 1. The van der Waals surface area contributed by atoms with Gasteiger partial charge in [0.15, 0.2) is 0 Å². The van der Waals surface area contributed by atoms with E-state index in [9.17, 15) is 4.79 Å². The lowest BCUT2D eigenvalue weighted by atomic mass is 10.2. The van der Waals surface area contributed by atoms with Crippen molar-refractivity contribution in [3.63, 3.8) is 0 Å². The van der Waals surface area contributed by atoms with Crippen molar-refractivity contribution in [2.45, 2.75) is 38.7 Å². The van der Waals surface area contributed by atoms with Crippen LogP contribution in [0, 0.1) is 20.8 Å². The Morgan fingerprint density at radius 1 is 1.10 bits per heavy atom. The highest BCUT2D eigenvalue weighted by Gasteiger charge is 2.13. The fourth-order valence-electron chi connectivity index (χ4n) is 3.21. The van der Waals surface area contributed by atoms with Crippen LogP contribution in [-0.4, -0.2) is 21.9 Å². The second-order valence-electron chi connectivity index (χ2n) is 7.17. The summed E-state index contributed by atoms with van der Waals surface area (Å²) in [5, 5.41) is 4.02. The number of thioether (sulfide) groups is 1. The zero-order valence-corrected chi connectivity index (χ0v) is 18.2. The van der Waals surface area contributed by atoms with Crippen molar-refractivity contribution < 1.29 is 4.79 Å². The van der Waals surface area contributed by atoms with E-state index in [2.05, 4.69) is 78.3 Å². The normalized spacial score (nSPS) is 12.3. The van der Waals surface area contributed by atoms with Gasteiger partial charge in [-0.05, 0) is 57.0 Å². The first-order valence-corrected chi connectivity index (χ1v) is 10.7. The van der Waals surface area contributed by atoms with Crippen LogP contribution in [0.4, 0.5) is 0 Å². The number of nitrogens with zero attached hydrogens (tertiary/aromatic N) is 2. The van der Waals surface area contributed by atoms with Crippen molar-refractivity contribution in [3.8, 4) is 5.69 Å². The molecule has 2 aromatic carbocycles. The SMILES string of the molecule is Cc1cccc(-n2c(C)cc(/C=N\NC(=O)[C@@H](C)SCc3ccccc3)c2C)c1. The van der Waals surface area contributed by atoms with Gasteiger partial charge in [0, 0.05) is 28.4 Å². The van der Waals surface area contributed by atoms with Gasteiger partial charge in [-0.15, -0.1) is 11.8 Å². The Morgan fingerprint density at radius 2 is 1.86 bits per heavy atom. The summed E-state index contributed by atoms with van der Waals surface area (Å²) in [5.41, 5.74) is 9.46. The molecule has 1 atom stereocenters. The molecule has 3 rings (SSSR count). The van der Waals surface area contributed by atoms with Crippen molar-refractivity contribution in [2.24, 2.45) is 5.10 Å². The lowest BCUT2D eigenvalue weighted by molar-refractivity contribution is -0.120. The second kappa shape index (κ2) is 9.61. The van der Waals surface area contributed by atoms with Gasteiger partial charge in [0.05, 0.1) is 11.5 Å². The Morgan fingerprint density at radius 3 is 2.59 bits per heavy atom. The molecule has 0 saturated carbocycles. The molecule has 0 aliphatic carbocycles. The Labute approximate surface area is 177 Å². The largest absolute Gasteiger partial charge is 0.318 e. The average Bonchev–Trinajstić information content (AvgIpc) is 3.00. The molecular weight excluding hydrogens is 378 g/mol. The number of benzene rings is 2. The van der Waals surface area contributed by atoms with Crippen LogP contribution in [0.1, 0.15) is 35.0 Å². The van der Waals surface area contributed by atoms with E-state index in [0.29, 0.717) is 0 Å². The van der Waals surface area contributed by atoms with E-state index in [-0.39, 0.29) is 11.2 Å². The lowest BCUT2D eigenvalue weighted by Gasteiger charge is -2.10. The molecule has 0 spiro atoms. The zero-order chi connectivity index (χ0) is 20.8. The van der Waals surface area contributed by atoms with Crippen LogP contribution in [0.15, 0.2) is 65.8 Å². The Hall–Kier alpha value is -2.79. The predicted molar refractivity (Wildman–Crippen MR) is 123 cm³/mol. The molecule has 29 heavy (non-hydrogen) atoms. The highest BCUT2D eigenvalue weighted by atomic mass is 32.2. The van der Waals surface area contributed by atoms with Crippen LogP contribution in [-0.2, 0) is 10.5 Å². The molecule has 4 nitrogen and oxygen atoms in total. The van der Waals surface area contributed by atoms with Gasteiger partial charge < -0.3 is 4.57 Å². The highest BCUT2D eigenvalue weighted by Crippen LogP contribution is 2.21. The number of aryl methyl sites for hydroxylation is 2. The van der Waals surface area contributed by atoms with Gasteiger partial charge in [-0.1, -0.05) is 42.5 Å². The molecule has 0 bridgehead atoms. The van der Waals surface area contributed by atoms with E-state index in [1.807, 2.05) is 25.1 Å². The van der Waals surface area contributed by atoms with Gasteiger partial charge in [-0.25, -0.2) is 5.43 Å². The summed E-state index contributed by atoms with van der Waals surface area (Å²) in [6, 6.07) is 20.7. The maximum absolute atomic E-state index is 12.3. The molecular formula is C24H27N3OS. The van der Waals surface area contributed by atoms with Crippen molar-refractivity contribution in [3.05, 3.63) is 88.7 Å². The number of hydrogen-bond acceptors (Lipinski definition) is 3. The van der Waals surface area contributed by atoms with Gasteiger partial charge >= 0.3 is 0 Å². The summed E-state index contributed by atoms with van der Waals surface area (Å²) >= 11 is 1.60. The van der Waals surface area contributed by atoms with E-state index >= 15 is 0 Å². The Kier molecular flexibility index (Phi) is 6.94. The summed E-state index contributed by atoms with van der Waals surface area (Å²) in [6.45, 7) is 8.14. The van der Waals surface area contributed by atoms with Crippen molar-refractivity contribution in [2.75, 3.05) is 0 Å². The zero-order valence-electron chi connectivity index (χ0n) is 17.3. The van der Waals surface area contributed by atoms with Crippen LogP contribution in [0.3, 0.4) is 0 Å². The topological polar surface area (TPSA) is 46.4 Å². The van der Waals surface area contributed by atoms with Crippen LogP contribution in [0.25, 0.3) is 5.69 Å². The van der Waals surface area contributed by atoms with E-state index in [0.717, 1.165) is 28.4 Å². The smallest absolute Gasteiger partial charge is 0.252 e. The number of amides is 1. The lowest BCUT2D eigenvalue weighted by Crippen LogP contribution is -2.27. The number of carbonyl (C=O) groups is 1. The van der Waals surface area contributed by atoms with Gasteiger partial charge in [0.2, 0.25) is 0 Å². The molecule has 0 fully saturated rings. The average molecular weight is 406 g/mol. The minimum absolute atomic E-state index is 0.0883. The number of hydrazone groups is 1. The molecule has 0 unspecified atom stereocenters. The van der Waals surface area contributed by atoms with Crippen LogP contribution in [0.2, 0.25) is 0 Å². The van der Waals surface area contributed by atoms with E-state index in [1.165, 1.54) is 11.1 Å². The summed E-state index contributed by atoms with van der Waals surface area (Å²) < 4.78 is 2.20. The fourth-order valence-corrected chi connectivity index (χ4v) is 4.05. The standard InChI is InChI=1S/C24H27N3OS/c1-17-9-8-12-23(13-17)27-18(2)14-22(19(27)3)15-25-26-24(28)20(4)29-16-21-10-6-5-7-11-21/h5-15,20H,16H2,1-4H3,(H,26,28)/b25-15-/t20-/m1/s1. The first-order valence-electron chi connectivity index (χ1n) is 9.70. The monoisotopic (exact) mass is 405 g/mol. The molecule has 1 amide bonds. The maximum atomic E-state index is 12.3. The molecule has 0 saturated heterocycles. The summed E-state index contributed by atoms with van der Waals surface area (Å²) in [6.07, 6.45) is 1.72. The molecule has 0 aliphatic heterocycles. The van der Waals surface area contributed by atoms with Crippen LogP contribution >= 0.6 is 11.8 Å². The Balaban J connectivity index is 1.61. The first-order chi connectivity index (χ1) is 14.0. The molecule has 5 heteroatoms. The van der Waals surface area contributed by atoms with Gasteiger partial charge in [-0.3, -0.25) is 4.79 Å². The molecule has 150 valence electrons. The minimum atomic E-state index is -0.174. The maximum Gasteiger partial charge on any atom is 0.252 e. The molecule has 0 aliphatic rings. The Bertz CT molecular complexity index is 1010. The minimum Gasteiger partial charge on any atom is -0.318 e. The number of hydrogen-bond donors (Lipinski definition) is 1. The van der Waals surface area contributed by atoms with E-state index in [4.69, 9.17) is 0 Å². The van der Waals surface area contributed by atoms with E-state index in [1.54, 1.807) is 18.0 Å². The first kappa shape index (κ1) is 20.9. The summed E-state index contributed by atoms with van der Waals surface area (Å²) in [7, 11) is 0. The molecule has 1 aromatic heterocycles. The third kappa shape index (κ3) is 5.39. The second-order valence-corrected chi connectivity index (χ2v) is 8.50. The number of aromatic nitrogens is 1. The summed E-state index contributed by atoms with van der Waals surface area (Å²) in [5.74, 6) is 0.714. The van der Waals surface area contributed by atoms with Crippen molar-refractivity contribution in [1.82, 2.24) is 9.99 Å². The molecule has 3 aromatic rings. The van der Waals surface area contributed by atoms with Gasteiger partial charge in [0.1, 0.15) is 0 Å². The third-order valence-electron chi connectivity index (χ3n) is 4.82. The van der Waals surface area contributed by atoms with Gasteiger partial charge in [-0.2, -0.15) is 5.10 Å². The molecule has 1 heterocycles. The highest BCUT2D eigenvalue weighted by molar-refractivity contribution is 7.99. The number of rotatable bonds is 7. The van der Waals surface area contributed by atoms with Crippen LogP contribution in [0.5, 0.6) is 0 Å². The van der Waals surface area contributed by atoms with E-state index < -0.39 is 0 Å². The van der Waals surface area contributed by atoms with Gasteiger partial charge in [0.25, 0.3) is 5.91 Å². The third-order valence-corrected chi connectivity index (χ3v) is 6.03. The quantitative estimate of drug-likeness (QED) is 0.435. The van der Waals surface area contributed by atoms with Crippen molar-refractivity contribution >= 4 is 23.9 Å². The molecule has 1 N–H and O–H groups in total. The van der Waals surface area contributed by atoms with Crippen molar-refractivity contribution in [1.29, 1.82) is 0 Å². The fraction of sp³-hybridized carbons (Fsp3) is 0.250.